The highest BCUT2D eigenvalue weighted by molar-refractivity contribution is 6.26. The van der Waals surface area contributed by atoms with E-state index in [1.807, 2.05) is 84.9 Å². The molecule has 0 unspecified atom stereocenters. The number of hydrogen-bond donors (Lipinski definition) is 0. The third-order valence-corrected chi connectivity index (χ3v) is 6.03. The summed E-state index contributed by atoms with van der Waals surface area (Å²) in [6.45, 7) is 2.08. The molecule has 5 heteroatoms. The Balaban J connectivity index is 1.82. The maximum absolute atomic E-state index is 14.1. The Morgan fingerprint density at radius 1 is 0.750 bits per heavy atom. The van der Waals surface area contributed by atoms with Gasteiger partial charge in [0.1, 0.15) is 11.2 Å². The fraction of sp³-hybridized carbons (Fsp3) is 0.259. The molecule has 3 aromatic carbocycles. The van der Waals surface area contributed by atoms with E-state index < -0.39 is 5.41 Å². The lowest BCUT2D eigenvalue weighted by molar-refractivity contribution is -0.135. The summed E-state index contributed by atoms with van der Waals surface area (Å²) < 4.78 is 5.27. The number of para-hydroxylation sites is 2. The molecule has 0 aliphatic carbocycles. The lowest BCUT2D eigenvalue weighted by atomic mass is 9.76. The number of hydrazine groups is 1. The second-order valence-electron chi connectivity index (χ2n) is 8.12. The molecule has 1 saturated heterocycles. The van der Waals surface area contributed by atoms with Gasteiger partial charge >= 0.3 is 0 Å². The van der Waals surface area contributed by atoms with Crippen LogP contribution in [0.25, 0.3) is 0 Å². The van der Waals surface area contributed by atoms with Crippen LogP contribution in [0.15, 0.2) is 84.9 Å². The smallest absolute Gasteiger partial charge is 0.262 e. The van der Waals surface area contributed by atoms with Gasteiger partial charge in [0.25, 0.3) is 11.8 Å². The van der Waals surface area contributed by atoms with Crippen LogP contribution in [-0.2, 0) is 16.0 Å². The molecule has 3 aromatic rings. The highest BCUT2D eigenvalue weighted by Crippen LogP contribution is 2.44. The molecule has 5 nitrogen and oxygen atoms in total. The molecule has 1 fully saturated rings. The van der Waals surface area contributed by atoms with Crippen LogP contribution in [0.1, 0.15) is 31.7 Å². The van der Waals surface area contributed by atoms with Crippen LogP contribution in [0.2, 0.25) is 0 Å². The Morgan fingerprint density at radius 3 is 1.69 bits per heavy atom. The third-order valence-electron chi connectivity index (χ3n) is 6.03. The number of carbonyl (C=O) groups excluding carboxylic acids is 2. The minimum absolute atomic E-state index is 0.179. The Morgan fingerprint density at radius 2 is 1.25 bits per heavy atom. The predicted molar refractivity (Wildman–Crippen MR) is 127 cm³/mol. The molecule has 0 aromatic heterocycles. The third kappa shape index (κ3) is 3.86. The quantitative estimate of drug-likeness (QED) is 0.451. The van der Waals surface area contributed by atoms with E-state index in [0.717, 1.165) is 24.2 Å². The van der Waals surface area contributed by atoms with Crippen molar-refractivity contribution in [1.82, 2.24) is 0 Å². The summed E-state index contributed by atoms with van der Waals surface area (Å²) in [6.07, 6.45) is 2.54. The van der Waals surface area contributed by atoms with E-state index in [4.69, 9.17) is 4.74 Å². The molecular formula is C27H28N2O3. The highest BCUT2D eigenvalue weighted by Gasteiger charge is 2.58. The Bertz CT molecular complexity index is 1010. The molecular weight excluding hydrogens is 400 g/mol. The maximum atomic E-state index is 14.1. The molecule has 0 N–H and O–H groups in total. The first-order chi connectivity index (χ1) is 15.6. The minimum atomic E-state index is -1.16. The second-order valence-corrected chi connectivity index (χ2v) is 8.12. The van der Waals surface area contributed by atoms with Crippen LogP contribution >= 0.6 is 0 Å². The Hall–Kier alpha value is -3.60. The van der Waals surface area contributed by atoms with Gasteiger partial charge < -0.3 is 4.74 Å². The van der Waals surface area contributed by atoms with Crippen LogP contribution < -0.4 is 14.8 Å². The number of methoxy groups -OCH3 is 1. The van der Waals surface area contributed by atoms with Crippen LogP contribution in [-0.4, -0.2) is 18.9 Å². The van der Waals surface area contributed by atoms with Crippen molar-refractivity contribution in [1.29, 1.82) is 0 Å². The normalized spacial score (nSPS) is 15.3. The summed E-state index contributed by atoms with van der Waals surface area (Å²) in [5, 5.41) is 3.10. The summed E-state index contributed by atoms with van der Waals surface area (Å²) in [5.74, 6) is 0.390. The van der Waals surface area contributed by atoms with Crippen molar-refractivity contribution in [3.05, 3.63) is 90.5 Å². The van der Waals surface area contributed by atoms with Gasteiger partial charge in [-0.2, -0.15) is 0 Å². The monoisotopic (exact) mass is 428 g/mol. The lowest BCUT2D eigenvalue weighted by Crippen LogP contribution is -2.41. The van der Waals surface area contributed by atoms with Crippen LogP contribution in [0.5, 0.6) is 5.75 Å². The second kappa shape index (κ2) is 9.27. The largest absolute Gasteiger partial charge is 0.497 e. The first-order valence-electron chi connectivity index (χ1n) is 11.0. The van der Waals surface area contributed by atoms with E-state index in [9.17, 15) is 9.59 Å². The van der Waals surface area contributed by atoms with Crippen molar-refractivity contribution in [3.8, 4) is 5.75 Å². The van der Waals surface area contributed by atoms with E-state index in [1.165, 1.54) is 0 Å². The maximum Gasteiger partial charge on any atom is 0.262 e. The fourth-order valence-electron chi connectivity index (χ4n) is 4.31. The fourth-order valence-corrected chi connectivity index (χ4v) is 4.31. The van der Waals surface area contributed by atoms with Gasteiger partial charge in [0, 0.05) is 0 Å². The molecule has 1 aliphatic rings. The molecule has 0 bridgehead atoms. The first kappa shape index (κ1) is 21.6. The van der Waals surface area contributed by atoms with E-state index in [0.29, 0.717) is 24.2 Å². The van der Waals surface area contributed by atoms with Crippen molar-refractivity contribution in [2.24, 2.45) is 5.41 Å². The topological polar surface area (TPSA) is 49.9 Å². The van der Waals surface area contributed by atoms with E-state index in [1.54, 1.807) is 17.1 Å². The molecule has 2 amide bonds. The summed E-state index contributed by atoms with van der Waals surface area (Å²) in [5.41, 5.74) is 1.15. The van der Waals surface area contributed by atoms with Crippen molar-refractivity contribution < 1.29 is 14.3 Å². The number of nitrogens with zero attached hydrogens (tertiary/aromatic N) is 2. The van der Waals surface area contributed by atoms with Crippen LogP contribution in [0.3, 0.4) is 0 Å². The van der Waals surface area contributed by atoms with Crippen LogP contribution in [0, 0.1) is 5.41 Å². The molecule has 0 saturated carbocycles. The van der Waals surface area contributed by atoms with Gasteiger partial charge in [-0.15, -0.1) is 0 Å². The minimum Gasteiger partial charge on any atom is -0.497 e. The standard InChI is InChI=1S/C27H28N2O3/c1-3-4-19-27(20-21-15-17-24(32-2)18-16-21)25(30)28(22-11-7-5-8-12-22)29(26(27)31)23-13-9-6-10-14-23/h5-18H,3-4,19-20H2,1-2H3. The zero-order valence-corrected chi connectivity index (χ0v) is 18.5. The van der Waals surface area contributed by atoms with E-state index in [-0.39, 0.29) is 11.8 Å². The first-order valence-corrected chi connectivity index (χ1v) is 11.0. The number of amides is 2. The molecule has 1 heterocycles. The summed E-state index contributed by atoms with van der Waals surface area (Å²) in [7, 11) is 1.62. The van der Waals surface area contributed by atoms with Crippen molar-refractivity contribution >= 4 is 23.2 Å². The van der Waals surface area contributed by atoms with Crippen LogP contribution in [0.4, 0.5) is 11.4 Å². The Labute approximate surface area is 189 Å². The molecule has 1 aliphatic heterocycles. The lowest BCUT2D eigenvalue weighted by Gasteiger charge is -2.27. The molecule has 0 radical (unpaired) electrons. The highest BCUT2D eigenvalue weighted by atomic mass is 16.5. The summed E-state index contributed by atoms with van der Waals surface area (Å²) in [4.78, 5) is 28.2. The molecule has 164 valence electrons. The average Bonchev–Trinajstić information content (AvgIpc) is 3.06. The van der Waals surface area contributed by atoms with Gasteiger partial charge in [0.05, 0.1) is 18.5 Å². The molecule has 32 heavy (non-hydrogen) atoms. The van der Waals surface area contributed by atoms with Gasteiger partial charge in [-0.1, -0.05) is 68.3 Å². The average molecular weight is 429 g/mol. The number of benzene rings is 3. The zero-order chi connectivity index (χ0) is 22.6. The molecule has 4 rings (SSSR count). The van der Waals surface area contributed by atoms with Gasteiger partial charge in [0.2, 0.25) is 0 Å². The summed E-state index contributed by atoms with van der Waals surface area (Å²) in [6, 6.07) is 26.4. The number of carbonyl (C=O) groups is 2. The number of ether oxygens (including phenoxy) is 1. The van der Waals surface area contributed by atoms with Gasteiger partial charge in [-0.05, 0) is 54.8 Å². The van der Waals surface area contributed by atoms with Gasteiger partial charge in [-0.3, -0.25) is 9.59 Å². The molecule has 0 atom stereocenters. The van der Waals surface area contributed by atoms with E-state index >= 15 is 0 Å². The summed E-state index contributed by atoms with van der Waals surface area (Å²) >= 11 is 0. The predicted octanol–water partition coefficient (Wildman–Crippen LogP) is 5.41. The van der Waals surface area contributed by atoms with E-state index in [2.05, 4.69) is 6.92 Å². The number of anilines is 2. The number of rotatable bonds is 8. The van der Waals surface area contributed by atoms with Crippen molar-refractivity contribution in [2.75, 3.05) is 17.1 Å². The number of unbranched alkanes of at least 4 members (excludes halogenated alkanes) is 1. The van der Waals surface area contributed by atoms with Crippen molar-refractivity contribution in [2.45, 2.75) is 32.6 Å². The van der Waals surface area contributed by atoms with Crippen molar-refractivity contribution in [3.63, 3.8) is 0 Å². The van der Waals surface area contributed by atoms with Gasteiger partial charge in [0.15, 0.2) is 0 Å². The number of hydrogen-bond acceptors (Lipinski definition) is 3. The zero-order valence-electron chi connectivity index (χ0n) is 18.5. The van der Waals surface area contributed by atoms with Gasteiger partial charge in [-0.25, -0.2) is 10.0 Å². The SMILES string of the molecule is CCCCC1(Cc2ccc(OC)cc2)C(=O)N(c2ccccc2)N(c2ccccc2)C1=O. The molecule has 0 spiro atoms. The Kier molecular flexibility index (Phi) is 6.26.